The highest BCUT2D eigenvalue weighted by molar-refractivity contribution is 6.00. The molecular formula is C35H36FN7O3. The number of nitrogens with zero attached hydrogens (tertiary/aromatic N) is 5. The zero-order valence-corrected chi connectivity index (χ0v) is 25.9. The normalized spacial score (nSPS) is 22.8. The lowest BCUT2D eigenvalue weighted by atomic mass is 9.90. The molecule has 1 saturated carbocycles. The number of alkyl halides is 1. The van der Waals surface area contributed by atoms with Crippen molar-refractivity contribution < 1.29 is 18.7 Å². The third-order valence-corrected chi connectivity index (χ3v) is 10.0. The number of nitrogens with one attached hydrogen (secondary N) is 2. The molecule has 4 atom stereocenters. The van der Waals surface area contributed by atoms with Crippen LogP contribution in [0, 0.1) is 6.92 Å². The van der Waals surface area contributed by atoms with Crippen LogP contribution in [-0.4, -0.2) is 68.6 Å². The fourth-order valence-electron chi connectivity index (χ4n) is 7.33. The quantitative estimate of drug-likeness (QED) is 0.298. The molecule has 2 aromatic heterocycles. The molecule has 46 heavy (non-hydrogen) atoms. The number of aryl methyl sites for hydroxylation is 3. The lowest BCUT2D eigenvalue weighted by Crippen LogP contribution is -2.50. The Labute approximate surface area is 266 Å². The van der Waals surface area contributed by atoms with E-state index >= 15 is 0 Å². The maximum atomic E-state index is 14.9. The number of amides is 2. The summed E-state index contributed by atoms with van der Waals surface area (Å²) in [4.78, 5) is 38.4. The van der Waals surface area contributed by atoms with Gasteiger partial charge in [-0.1, -0.05) is 24.3 Å². The van der Waals surface area contributed by atoms with Gasteiger partial charge in [-0.15, -0.1) is 0 Å². The van der Waals surface area contributed by atoms with Crippen LogP contribution in [0.2, 0.25) is 0 Å². The minimum absolute atomic E-state index is 0.175. The molecule has 0 radical (unpaired) electrons. The van der Waals surface area contributed by atoms with Crippen molar-refractivity contribution in [1.29, 1.82) is 0 Å². The molecule has 0 unspecified atom stereocenters. The van der Waals surface area contributed by atoms with Gasteiger partial charge in [0.1, 0.15) is 18.2 Å². The Morgan fingerprint density at radius 1 is 1.09 bits per heavy atom. The standard InChI is InChI=1S/C35H36FN7O3/c1-20-16-39-42(2)32(20)22-5-8-24(9-6-22)40-33(44)31(41-34(45)35(36)11-12-35)27-10-7-21-3-4-23(13-28(21)27)29-15-30(38-19-37-29)43-17-26-14-25(43)18-46-26/h3-6,8-9,13,15-16,19,25-27,31H,7,10-12,14,17-18H2,1-2H3,(H,40,44)(H,41,45)/t25-,26-,27+,31-/m0/s1. The number of ether oxygens (including phenoxy) is 1. The molecule has 2 amide bonds. The second-order valence-corrected chi connectivity index (χ2v) is 13.1. The van der Waals surface area contributed by atoms with Gasteiger partial charge in [0.2, 0.25) is 5.91 Å². The molecule has 3 fully saturated rings. The number of fused-ring (bicyclic) bond motifs is 3. The summed E-state index contributed by atoms with van der Waals surface area (Å²) in [6.07, 6.45) is 6.44. The molecule has 2 aliphatic heterocycles. The van der Waals surface area contributed by atoms with E-state index in [9.17, 15) is 14.0 Å². The fourth-order valence-corrected chi connectivity index (χ4v) is 7.33. The summed E-state index contributed by atoms with van der Waals surface area (Å²) in [5, 5.41) is 10.1. The number of morpholine rings is 1. The first-order valence-corrected chi connectivity index (χ1v) is 16.0. The maximum absolute atomic E-state index is 14.9. The van der Waals surface area contributed by atoms with Crippen LogP contribution in [0.15, 0.2) is 61.1 Å². The average molecular weight is 622 g/mol. The largest absolute Gasteiger partial charge is 0.374 e. The third kappa shape index (κ3) is 5.12. The Balaban J connectivity index is 1.06. The number of carbonyl (C=O) groups is 2. The minimum Gasteiger partial charge on any atom is -0.374 e. The first kappa shape index (κ1) is 28.8. The predicted octanol–water partition coefficient (Wildman–Crippen LogP) is 4.49. The Bertz CT molecular complexity index is 1820. The van der Waals surface area contributed by atoms with Gasteiger partial charge in [-0.25, -0.2) is 14.4 Å². The number of hydrogen-bond donors (Lipinski definition) is 2. The highest BCUT2D eigenvalue weighted by Crippen LogP contribution is 2.42. The fraction of sp³-hybridized carbons (Fsp3) is 0.400. The molecule has 2 saturated heterocycles. The van der Waals surface area contributed by atoms with Gasteiger partial charge in [-0.05, 0) is 73.9 Å². The summed E-state index contributed by atoms with van der Waals surface area (Å²) in [7, 11) is 1.89. The molecular weight excluding hydrogens is 585 g/mol. The Hall–Kier alpha value is -4.64. The highest BCUT2D eigenvalue weighted by Gasteiger charge is 2.52. The van der Waals surface area contributed by atoms with Crippen molar-refractivity contribution >= 4 is 23.3 Å². The third-order valence-electron chi connectivity index (χ3n) is 10.0. The average Bonchev–Trinajstić information content (AvgIpc) is 3.47. The van der Waals surface area contributed by atoms with Crippen LogP contribution >= 0.6 is 0 Å². The number of rotatable bonds is 8. The van der Waals surface area contributed by atoms with E-state index in [1.165, 1.54) is 0 Å². The number of benzene rings is 2. The molecule has 2 aromatic carbocycles. The lowest BCUT2D eigenvalue weighted by molar-refractivity contribution is -0.131. The lowest BCUT2D eigenvalue weighted by Gasteiger charge is -2.28. The van der Waals surface area contributed by atoms with E-state index in [0.717, 1.165) is 64.4 Å². The van der Waals surface area contributed by atoms with Crippen LogP contribution in [-0.2, 0) is 27.8 Å². The molecule has 2 bridgehead atoms. The summed E-state index contributed by atoms with van der Waals surface area (Å²) < 4.78 is 22.5. The molecule has 236 valence electrons. The van der Waals surface area contributed by atoms with E-state index < -0.39 is 17.6 Å². The summed E-state index contributed by atoms with van der Waals surface area (Å²) in [6, 6.07) is 15.1. The summed E-state index contributed by atoms with van der Waals surface area (Å²) in [5.74, 6) is -0.542. The number of halogens is 1. The van der Waals surface area contributed by atoms with Gasteiger partial charge in [0.05, 0.1) is 36.3 Å². The van der Waals surface area contributed by atoms with Gasteiger partial charge in [0, 0.05) is 42.4 Å². The van der Waals surface area contributed by atoms with Crippen molar-refractivity contribution in [3.05, 3.63) is 77.7 Å². The molecule has 10 nitrogen and oxygen atoms in total. The monoisotopic (exact) mass is 621 g/mol. The molecule has 8 rings (SSSR count). The second-order valence-electron chi connectivity index (χ2n) is 13.1. The molecule has 2 N–H and O–H groups in total. The zero-order valence-electron chi connectivity index (χ0n) is 25.9. The van der Waals surface area contributed by atoms with E-state index in [1.807, 2.05) is 61.2 Å². The van der Waals surface area contributed by atoms with Gasteiger partial charge in [-0.3, -0.25) is 14.3 Å². The number of hydrogen-bond acceptors (Lipinski definition) is 7. The van der Waals surface area contributed by atoms with E-state index in [0.29, 0.717) is 24.8 Å². The predicted molar refractivity (Wildman–Crippen MR) is 171 cm³/mol. The van der Waals surface area contributed by atoms with Crippen molar-refractivity contribution in [2.45, 2.75) is 68.8 Å². The van der Waals surface area contributed by atoms with Crippen LogP contribution in [0.25, 0.3) is 22.5 Å². The van der Waals surface area contributed by atoms with Gasteiger partial charge in [-0.2, -0.15) is 5.10 Å². The minimum atomic E-state index is -1.90. The first-order chi connectivity index (χ1) is 22.3. The summed E-state index contributed by atoms with van der Waals surface area (Å²) >= 11 is 0. The van der Waals surface area contributed by atoms with Gasteiger partial charge in [0.25, 0.3) is 5.91 Å². The van der Waals surface area contributed by atoms with E-state index in [2.05, 4.69) is 42.7 Å². The summed E-state index contributed by atoms with van der Waals surface area (Å²) in [6.45, 7) is 3.54. The summed E-state index contributed by atoms with van der Waals surface area (Å²) in [5.41, 5.74) is 5.50. The van der Waals surface area contributed by atoms with Crippen molar-refractivity contribution in [1.82, 2.24) is 25.1 Å². The van der Waals surface area contributed by atoms with Crippen molar-refractivity contribution in [3.8, 4) is 22.5 Å². The number of anilines is 2. The van der Waals surface area contributed by atoms with Crippen LogP contribution < -0.4 is 15.5 Å². The Morgan fingerprint density at radius 3 is 2.59 bits per heavy atom. The van der Waals surface area contributed by atoms with Crippen molar-refractivity contribution in [3.63, 3.8) is 0 Å². The number of carbonyl (C=O) groups excluding carboxylic acids is 2. The topological polar surface area (TPSA) is 114 Å². The first-order valence-electron chi connectivity index (χ1n) is 16.0. The van der Waals surface area contributed by atoms with E-state index in [-0.39, 0.29) is 30.8 Å². The molecule has 11 heteroatoms. The van der Waals surface area contributed by atoms with Crippen LogP contribution in [0.4, 0.5) is 15.9 Å². The maximum Gasteiger partial charge on any atom is 0.258 e. The molecule has 4 aromatic rings. The number of aromatic nitrogens is 4. The Morgan fingerprint density at radius 2 is 1.89 bits per heavy atom. The molecule has 4 heterocycles. The molecule has 0 spiro atoms. The Kier molecular flexibility index (Phi) is 6.89. The smallest absolute Gasteiger partial charge is 0.258 e. The zero-order chi connectivity index (χ0) is 31.6. The van der Waals surface area contributed by atoms with Gasteiger partial charge >= 0.3 is 0 Å². The molecule has 2 aliphatic carbocycles. The van der Waals surface area contributed by atoms with Crippen LogP contribution in [0.3, 0.4) is 0 Å². The van der Waals surface area contributed by atoms with Crippen molar-refractivity contribution in [2.75, 3.05) is 23.4 Å². The van der Waals surface area contributed by atoms with Crippen LogP contribution in [0.5, 0.6) is 0 Å². The van der Waals surface area contributed by atoms with E-state index in [4.69, 9.17) is 4.74 Å². The molecule has 4 aliphatic rings. The second kappa shape index (κ2) is 11.0. The van der Waals surface area contributed by atoms with Gasteiger partial charge < -0.3 is 20.3 Å². The highest BCUT2D eigenvalue weighted by atomic mass is 19.1. The van der Waals surface area contributed by atoms with Crippen molar-refractivity contribution in [2.24, 2.45) is 7.05 Å². The van der Waals surface area contributed by atoms with Gasteiger partial charge in [0.15, 0.2) is 5.67 Å². The van der Waals surface area contributed by atoms with E-state index in [1.54, 1.807) is 6.33 Å². The SMILES string of the molecule is Cc1cnn(C)c1-c1ccc(NC(=O)[C@@H](NC(=O)C2(F)CC2)[C@@H]2CCc3ccc(-c4cc(N5C[C@@H]6C[C@H]5CO6)ncn4)cc32)cc1. The van der Waals surface area contributed by atoms with Crippen LogP contribution in [0.1, 0.15) is 48.3 Å².